The van der Waals surface area contributed by atoms with Crippen molar-refractivity contribution in [1.82, 2.24) is 9.97 Å². The molecule has 0 atom stereocenters. The van der Waals surface area contributed by atoms with Gasteiger partial charge >= 0.3 is 0 Å². The number of aromatic nitrogens is 2. The SMILES string of the molecule is CCNc1ncnc(NC2CC(O)C2)c1OC. The molecule has 6 nitrogen and oxygen atoms in total. The number of hydrogen-bond donors (Lipinski definition) is 3. The predicted molar refractivity (Wildman–Crippen MR) is 65.4 cm³/mol. The van der Waals surface area contributed by atoms with Gasteiger partial charge < -0.3 is 20.5 Å². The minimum absolute atomic E-state index is 0.187. The maximum atomic E-state index is 9.25. The molecule has 1 fully saturated rings. The van der Waals surface area contributed by atoms with Gasteiger partial charge in [0.2, 0.25) is 5.75 Å². The van der Waals surface area contributed by atoms with Crippen molar-refractivity contribution in [3.8, 4) is 5.75 Å². The minimum Gasteiger partial charge on any atom is -0.490 e. The van der Waals surface area contributed by atoms with Crippen LogP contribution in [0.15, 0.2) is 6.33 Å². The fraction of sp³-hybridized carbons (Fsp3) is 0.636. The Labute approximate surface area is 100 Å². The van der Waals surface area contributed by atoms with Crippen LogP contribution < -0.4 is 15.4 Å². The maximum absolute atomic E-state index is 9.25. The van der Waals surface area contributed by atoms with Gasteiger partial charge in [0, 0.05) is 12.6 Å². The molecule has 2 rings (SSSR count). The Bertz CT molecular complexity index is 380. The molecule has 0 aromatic carbocycles. The highest BCUT2D eigenvalue weighted by Gasteiger charge is 2.28. The van der Waals surface area contributed by atoms with Gasteiger partial charge in [0.05, 0.1) is 13.2 Å². The van der Waals surface area contributed by atoms with Crippen LogP contribution in [-0.4, -0.2) is 40.9 Å². The summed E-state index contributed by atoms with van der Waals surface area (Å²) >= 11 is 0. The summed E-state index contributed by atoms with van der Waals surface area (Å²) in [7, 11) is 1.60. The summed E-state index contributed by atoms with van der Waals surface area (Å²) in [4.78, 5) is 8.30. The Balaban J connectivity index is 2.12. The molecule has 0 unspecified atom stereocenters. The van der Waals surface area contributed by atoms with Crippen molar-refractivity contribution < 1.29 is 9.84 Å². The first kappa shape index (κ1) is 11.9. The summed E-state index contributed by atoms with van der Waals surface area (Å²) in [6, 6.07) is 0.267. The highest BCUT2D eigenvalue weighted by atomic mass is 16.5. The van der Waals surface area contributed by atoms with Gasteiger partial charge in [0.25, 0.3) is 0 Å². The Kier molecular flexibility index (Phi) is 3.63. The molecule has 17 heavy (non-hydrogen) atoms. The molecule has 1 aliphatic rings. The summed E-state index contributed by atoms with van der Waals surface area (Å²) in [5.74, 6) is 1.98. The van der Waals surface area contributed by atoms with E-state index in [4.69, 9.17) is 4.74 Å². The van der Waals surface area contributed by atoms with E-state index in [1.54, 1.807) is 7.11 Å². The number of ether oxygens (including phenoxy) is 1. The lowest BCUT2D eigenvalue weighted by Gasteiger charge is -2.32. The molecule has 0 spiro atoms. The number of methoxy groups -OCH3 is 1. The van der Waals surface area contributed by atoms with E-state index < -0.39 is 0 Å². The quantitative estimate of drug-likeness (QED) is 0.706. The molecule has 0 saturated heterocycles. The summed E-state index contributed by atoms with van der Waals surface area (Å²) in [5, 5.41) is 15.6. The molecule has 3 N–H and O–H groups in total. The van der Waals surface area contributed by atoms with Crippen LogP contribution in [0.5, 0.6) is 5.75 Å². The first-order chi connectivity index (χ1) is 8.24. The van der Waals surface area contributed by atoms with Crippen LogP contribution >= 0.6 is 0 Å². The zero-order chi connectivity index (χ0) is 12.3. The zero-order valence-corrected chi connectivity index (χ0v) is 10.1. The van der Waals surface area contributed by atoms with Crippen molar-refractivity contribution in [2.75, 3.05) is 24.3 Å². The van der Waals surface area contributed by atoms with E-state index in [2.05, 4.69) is 20.6 Å². The van der Waals surface area contributed by atoms with Crippen LogP contribution in [0, 0.1) is 0 Å². The third kappa shape index (κ3) is 2.58. The molecule has 1 aliphatic carbocycles. The number of hydrogen-bond acceptors (Lipinski definition) is 6. The Morgan fingerprint density at radius 2 is 2.12 bits per heavy atom. The predicted octanol–water partition coefficient (Wildman–Crippen LogP) is 0.852. The van der Waals surface area contributed by atoms with Crippen molar-refractivity contribution in [1.29, 1.82) is 0 Å². The summed E-state index contributed by atoms with van der Waals surface area (Å²) < 4.78 is 5.31. The number of aliphatic hydroxyl groups is 1. The second-order valence-electron chi connectivity index (χ2n) is 4.10. The highest BCUT2D eigenvalue weighted by Crippen LogP contribution is 2.32. The molecule has 1 aromatic rings. The number of aliphatic hydroxyl groups excluding tert-OH is 1. The smallest absolute Gasteiger partial charge is 0.204 e. The van der Waals surface area contributed by atoms with Gasteiger partial charge in [-0.25, -0.2) is 9.97 Å². The van der Waals surface area contributed by atoms with E-state index in [0.717, 1.165) is 19.4 Å². The second kappa shape index (κ2) is 5.18. The molecule has 1 saturated carbocycles. The van der Waals surface area contributed by atoms with E-state index in [1.807, 2.05) is 6.92 Å². The second-order valence-corrected chi connectivity index (χ2v) is 4.10. The highest BCUT2D eigenvalue weighted by molar-refractivity contribution is 5.63. The fourth-order valence-electron chi connectivity index (χ4n) is 1.86. The molecule has 0 radical (unpaired) electrons. The first-order valence-electron chi connectivity index (χ1n) is 5.82. The van der Waals surface area contributed by atoms with E-state index in [1.165, 1.54) is 6.33 Å². The van der Waals surface area contributed by atoms with Crippen molar-refractivity contribution >= 4 is 11.6 Å². The van der Waals surface area contributed by atoms with E-state index in [-0.39, 0.29) is 12.1 Å². The van der Waals surface area contributed by atoms with Crippen LogP contribution in [0.25, 0.3) is 0 Å². The largest absolute Gasteiger partial charge is 0.490 e. The van der Waals surface area contributed by atoms with Crippen LogP contribution in [-0.2, 0) is 0 Å². The number of nitrogens with one attached hydrogen (secondary N) is 2. The Morgan fingerprint density at radius 3 is 2.71 bits per heavy atom. The molecule has 1 aromatic heterocycles. The van der Waals surface area contributed by atoms with Crippen LogP contribution in [0.4, 0.5) is 11.6 Å². The van der Waals surface area contributed by atoms with Gasteiger partial charge in [0.1, 0.15) is 6.33 Å². The third-order valence-electron chi connectivity index (χ3n) is 2.81. The molecule has 0 aliphatic heterocycles. The number of nitrogens with zero attached hydrogens (tertiary/aromatic N) is 2. The van der Waals surface area contributed by atoms with Crippen LogP contribution in [0.2, 0.25) is 0 Å². The van der Waals surface area contributed by atoms with Crippen molar-refractivity contribution in [3.63, 3.8) is 0 Å². The normalized spacial score (nSPS) is 22.8. The maximum Gasteiger partial charge on any atom is 0.204 e. The lowest BCUT2D eigenvalue weighted by molar-refractivity contribution is 0.0834. The summed E-state index contributed by atoms with van der Waals surface area (Å²) in [6.45, 7) is 2.77. The van der Waals surface area contributed by atoms with Crippen molar-refractivity contribution in [2.24, 2.45) is 0 Å². The molecule has 1 heterocycles. The molecule has 94 valence electrons. The molecule has 0 amide bonds. The van der Waals surface area contributed by atoms with Gasteiger partial charge in [-0.2, -0.15) is 0 Å². The van der Waals surface area contributed by atoms with Gasteiger partial charge in [-0.05, 0) is 19.8 Å². The number of rotatable bonds is 5. The average molecular weight is 238 g/mol. The Hall–Kier alpha value is -1.56. The zero-order valence-electron chi connectivity index (χ0n) is 10.1. The summed E-state index contributed by atoms with van der Waals surface area (Å²) in [6.07, 6.45) is 2.82. The first-order valence-corrected chi connectivity index (χ1v) is 5.82. The monoisotopic (exact) mass is 238 g/mol. The van der Waals surface area contributed by atoms with Gasteiger partial charge in [-0.15, -0.1) is 0 Å². The van der Waals surface area contributed by atoms with Gasteiger partial charge in [-0.1, -0.05) is 0 Å². The minimum atomic E-state index is -0.187. The summed E-state index contributed by atoms with van der Waals surface area (Å²) in [5.41, 5.74) is 0. The Morgan fingerprint density at radius 1 is 1.41 bits per heavy atom. The molecular formula is C11H18N4O2. The topological polar surface area (TPSA) is 79.3 Å². The van der Waals surface area contributed by atoms with E-state index in [0.29, 0.717) is 17.4 Å². The lowest BCUT2D eigenvalue weighted by atomic mass is 9.89. The van der Waals surface area contributed by atoms with Crippen LogP contribution in [0.1, 0.15) is 19.8 Å². The lowest BCUT2D eigenvalue weighted by Crippen LogP contribution is -2.39. The van der Waals surface area contributed by atoms with Crippen LogP contribution in [0.3, 0.4) is 0 Å². The van der Waals surface area contributed by atoms with E-state index in [9.17, 15) is 5.11 Å². The van der Waals surface area contributed by atoms with E-state index >= 15 is 0 Å². The molecule has 0 bridgehead atoms. The van der Waals surface area contributed by atoms with Crippen molar-refractivity contribution in [2.45, 2.75) is 31.9 Å². The fourth-order valence-corrected chi connectivity index (χ4v) is 1.86. The average Bonchev–Trinajstić information content (AvgIpc) is 2.28. The standard InChI is InChI=1S/C11H18N4O2/c1-3-12-10-9(17-2)11(14-6-13-10)15-7-4-8(16)5-7/h6-8,16H,3-5H2,1-2H3,(H2,12,13,14,15). The number of anilines is 2. The molecular weight excluding hydrogens is 220 g/mol. The van der Waals surface area contributed by atoms with Crippen molar-refractivity contribution in [3.05, 3.63) is 6.33 Å². The third-order valence-corrected chi connectivity index (χ3v) is 2.81. The van der Waals surface area contributed by atoms with Gasteiger partial charge in [-0.3, -0.25) is 0 Å². The van der Waals surface area contributed by atoms with Gasteiger partial charge in [0.15, 0.2) is 11.6 Å². The molecule has 6 heteroatoms.